The quantitative estimate of drug-likeness (QED) is 0.733. The Morgan fingerprint density at radius 1 is 1.27 bits per heavy atom. The number of rotatable bonds is 4. The summed E-state index contributed by atoms with van der Waals surface area (Å²) in [5, 5.41) is 0. The number of ether oxygens (including phenoxy) is 1. The molecule has 1 aromatic carbocycles. The lowest BCUT2D eigenvalue weighted by Crippen LogP contribution is -2.24. The summed E-state index contributed by atoms with van der Waals surface area (Å²) in [4.78, 5) is 30.7. The van der Waals surface area contributed by atoms with Crippen LogP contribution in [0.25, 0.3) is 11.3 Å². The van der Waals surface area contributed by atoms with Crippen molar-refractivity contribution >= 4 is 23.6 Å². The SMILES string of the molecule is NC(=O)C1CCCCC1.O=C1OCCN1c1cccc(-c2nc(NF)ncc2F)c1. The van der Waals surface area contributed by atoms with Crippen molar-refractivity contribution in [1.29, 1.82) is 0 Å². The van der Waals surface area contributed by atoms with Crippen LogP contribution in [0.3, 0.4) is 0 Å². The van der Waals surface area contributed by atoms with Gasteiger partial charge in [-0.15, -0.1) is 4.48 Å². The number of carbonyl (C=O) groups is 2. The molecule has 0 atom stereocenters. The molecule has 1 aromatic heterocycles. The molecular formula is C20H23F2N5O3. The molecule has 0 unspecified atom stereocenters. The molecule has 2 aromatic rings. The maximum atomic E-state index is 13.8. The van der Waals surface area contributed by atoms with Crippen molar-refractivity contribution in [3.63, 3.8) is 0 Å². The van der Waals surface area contributed by atoms with Crippen LogP contribution in [0.15, 0.2) is 30.5 Å². The molecule has 8 nitrogen and oxygen atoms in total. The van der Waals surface area contributed by atoms with E-state index in [-0.39, 0.29) is 23.5 Å². The second-order valence-electron chi connectivity index (χ2n) is 7.04. The first-order valence-corrected chi connectivity index (χ1v) is 9.73. The maximum absolute atomic E-state index is 13.8. The first-order valence-electron chi connectivity index (χ1n) is 9.73. The second-order valence-corrected chi connectivity index (χ2v) is 7.04. The molecule has 1 aliphatic heterocycles. The fourth-order valence-electron chi connectivity index (χ4n) is 3.45. The molecule has 10 heteroatoms. The smallest absolute Gasteiger partial charge is 0.414 e. The number of benzene rings is 1. The largest absolute Gasteiger partial charge is 0.447 e. The number of carbonyl (C=O) groups excluding carboxylic acids is 2. The zero-order valence-electron chi connectivity index (χ0n) is 16.3. The third-order valence-corrected chi connectivity index (χ3v) is 5.03. The molecule has 0 bridgehead atoms. The van der Waals surface area contributed by atoms with Gasteiger partial charge in [0.05, 0.1) is 12.7 Å². The van der Waals surface area contributed by atoms with E-state index in [1.807, 2.05) is 0 Å². The predicted molar refractivity (Wildman–Crippen MR) is 107 cm³/mol. The van der Waals surface area contributed by atoms with Crippen molar-refractivity contribution in [2.45, 2.75) is 32.1 Å². The molecule has 160 valence electrons. The summed E-state index contributed by atoms with van der Waals surface area (Å²) in [6.45, 7) is 0.729. The summed E-state index contributed by atoms with van der Waals surface area (Å²) >= 11 is 0. The van der Waals surface area contributed by atoms with Crippen molar-refractivity contribution in [2.24, 2.45) is 11.7 Å². The number of nitrogens with zero attached hydrogens (tertiary/aromatic N) is 3. The molecule has 3 N–H and O–H groups in total. The zero-order chi connectivity index (χ0) is 21.5. The molecule has 30 heavy (non-hydrogen) atoms. The third-order valence-electron chi connectivity index (χ3n) is 5.03. The van der Waals surface area contributed by atoms with Gasteiger partial charge < -0.3 is 10.5 Å². The summed E-state index contributed by atoms with van der Waals surface area (Å²) < 4.78 is 31.0. The molecule has 0 radical (unpaired) electrons. The number of cyclic esters (lactones) is 1. The highest BCUT2D eigenvalue weighted by Crippen LogP contribution is 2.27. The summed E-state index contributed by atoms with van der Waals surface area (Å²) in [7, 11) is 0. The fraction of sp³-hybridized carbons (Fsp3) is 0.400. The van der Waals surface area contributed by atoms with E-state index in [1.165, 1.54) is 29.7 Å². The Hall–Kier alpha value is -3.30. The van der Waals surface area contributed by atoms with E-state index < -0.39 is 11.9 Å². The van der Waals surface area contributed by atoms with Crippen LogP contribution in [-0.2, 0) is 9.53 Å². The lowest BCUT2D eigenvalue weighted by atomic mass is 9.89. The van der Waals surface area contributed by atoms with Gasteiger partial charge in [-0.3, -0.25) is 9.69 Å². The predicted octanol–water partition coefficient (Wildman–Crippen LogP) is 3.59. The van der Waals surface area contributed by atoms with E-state index in [4.69, 9.17) is 10.5 Å². The van der Waals surface area contributed by atoms with E-state index in [9.17, 15) is 18.5 Å². The summed E-state index contributed by atoms with van der Waals surface area (Å²) in [5.74, 6) is -0.930. The number of hydrogen-bond donors (Lipinski definition) is 2. The van der Waals surface area contributed by atoms with E-state index in [2.05, 4.69) is 9.97 Å². The molecule has 2 aliphatic rings. The molecular weight excluding hydrogens is 396 g/mol. The van der Waals surface area contributed by atoms with Crippen LogP contribution in [0.5, 0.6) is 0 Å². The molecule has 2 heterocycles. The number of amides is 2. The van der Waals surface area contributed by atoms with Crippen molar-refractivity contribution in [1.82, 2.24) is 9.97 Å². The number of aromatic nitrogens is 2. The topological polar surface area (TPSA) is 110 Å². The number of hydrogen-bond acceptors (Lipinski definition) is 6. The van der Waals surface area contributed by atoms with Crippen molar-refractivity contribution in [3.05, 3.63) is 36.3 Å². The molecule has 1 saturated carbocycles. The first-order chi connectivity index (χ1) is 14.5. The highest BCUT2D eigenvalue weighted by molar-refractivity contribution is 5.90. The standard InChI is InChI=1S/C13H10F2N4O2.C7H13NO/c14-10-7-16-12(18-15)17-11(10)8-2-1-3-9(6-8)19-4-5-21-13(19)20;8-7(9)6-4-2-1-3-5-6/h1-3,6-7H,4-5H2,(H,16,17,18);6H,1-5H2,(H2,8,9). The summed E-state index contributed by atoms with van der Waals surface area (Å²) in [5.41, 5.74) is 7.30. The van der Waals surface area contributed by atoms with Gasteiger partial charge in [0.1, 0.15) is 12.3 Å². The summed E-state index contributed by atoms with van der Waals surface area (Å²) in [6, 6.07) is 6.54. The van der Waals surface area contributed by atoms with Gasteiger partial charge in [0.15, 0.2) is 5.82 Å². The molecule has 1 saturated heterocycles. The van der Waals surface area contributed by atoms with Crippen LogP contribution < -0.4 is 16.2 Å². The minimum atomic E-state index is -0.685. The van der Waals surface area contributed by atoms with Crippen LogP contribution >= 0.6 is 0 Å². The molecule has 0 spiro atoms. The van der Waals surface area contributed by atoms with Crippen LogP contribution in [0.4, 0.5) is 25.3 Å². The lowest BCUT2D eigenvalue weighted by Gasteiger charge is -2.17. The van der Waals surface area contributed by atoms with Crippen LogP contribution in [0, 0.1) is 11.7 Å². The molecule has 4 rings (SSSR count). The number of anilines is 2. The van der Waals surface area contributed by atoms with Gasteiger partial charge in [-0.2, -0.15) is 5.54 Å². The Labute approximate surface area is 172 Å². The first kappa shape index (κ1) is 21.4. The van der Waals surface area contributed by atoms with E-state index >= 15 is 0 Å². The highest BCUT2D eigenvalue weighted by atomic mass is 19.2. The average Bonchev–Trinajstić information content (AvgIpc) is 3.21. The fourth-order valence-corrected chi connectivity index (χ4v) is 3.45. The molecule has 1 aliphatic carbocycles. The van der Waals surface area contributed by atoms with Crippen LogP contribution in [0.1, 0.15) is 32.1 Å². The number of primary amides is 1. The minimum absolute atomic E-state index is 0.0560. The normalized spacial score (nSPS) is 16.5. The molecule has 2 amide bonds. The minimum Gasteiger partial charge on any atom is -0.447 e. The van der Waals surface area contributed by atoms with Crippen LogP contribution in [0.2, 0.25) is 0 Å². The average molecular weight is 419 g/mol. The Bertz CT molecular complexity index is 906. The Morgan fingerprint density at radius 2 is 2.03 bits per heavy atom. The van der Waals surface area contributed by atoms with Gasteiger partial charge in [-0.25, -0.2) is 19.2 Å². The monoisotopic (exact) mass is 419 g/mol. The van der Waals surface area contributed by atoms with Gasteiger partial charge in [-0.1, -0.05) is 31.4 Å². The van der Waals surface area contributed by atoms with Gasteiger partial charge in [0.2, 0.25) is 5.91 Å². The van der Waals surface area contributed by atoms with E-state index in [0.717, 1.165) is 19.0 Å². The zero-order valence-corrected chi connectivity index (χ0v) is 16.3. The van der Waals surface area contributed by atoms with E-state index in [0.29, 0.717) is 24.4 Å². The van der Waals surface area contributed by atoms with Crippen LogP contribution in [-0.4, -0.2) is 35.1 Å². The van der Waals surface area contributed by atoms with Gasteiger partial charge in [-0.05, 0) is 25.0 Å². The molecule has 2 fully saturated rings. The second kappa shape index (κ2) is 9.95. The van der Waals surface area contributed by atoms with Crippen molar-refractivity contribution in [2.75, 3.05) is 23.6 Å². The van der Waals surface area contributed by atoms with Gasteiger partial charge in [0.25, 0.3) is 5.95 Å². The van der Waals surface area contributed by atoms with Crippen molar-refractivity contribution in [3.8, 4) is 11.3 Å². The number of nitrogens with one attached hydrogen (secondary N) is 1. The van der Waals surface area contributed by atoms with Gasteiger partial charge >= 0.3 is 6.09 Å². The third kappa shape index (κ3) is 5.19. The summed E-state index contributed by atoms with van der Waals surface area (Å²) in [6.07, 6.45) is 6.12. The number of nitrogens with two attached hydrogens (primary N) is 1. The van der Waals surface area contributed by atoms with E-state index in [1.54, 1.807) is 24.3 Å². The Morgan fingerprint density at radius 3 is 2.63 bits per heavy atom. The number of halogens is 2. The highest BCUT2D eigenvalue weighted by Gasteiger charge is 2.24. The lowest BCUT2D eigenvalue weighted by molar-refractivity contribution is -0.122. The van der Waals surface area contributed by atoms with Crippen molar-refractivity contribution < 1.29 is 23.2 Å². The maximum Gasteiger partial charge on any atom is 0.414 e. The Balaban J connectivity index is 0.000000239. The van der Waals surface area contributed by atoms with Gasteiger partial charge in [0, 0.05) is 17.2 Å². The Kier molecular flexibility index (Phi) is 7.10.